The topological polar surface area (TPSA) is 40.5 Å². The average molecular weight is 255 g/mol. The number of hydrogen-bond donors (Lipinski definition) is 1. The molecule has 0 bridgehead atoms. The molecule has 0 spiro atoms. The monoisotopic (exact) mass is 255 g/mol. The third kappa shape index (κ3) is 2.76. The molecule has 2 rings (SSSR count). The first-order valence-electron chi connectivity index (χ1n) is 6.27. The number of benzene rings is 2. The minimum absolute atomic E-state index is 0.204. The zero-order chi connectivity index (χ0) is 13.8. The highest BCUT2D eigenvalue weighted by atomic mass is 16.4. The quantitative estimate of drug-likeness (QED) is 0.833. The Kier molecular flexibility index (Phi) is 3.85. The Morgan fingerprint density at radius 1 is 1.21 bits per heavy atom. The predicted octanol–water partition coefficient (Wildman–Crippen LogP) is 3.31. The van der Waals surface area contributed by atoms with Gasteiger partial charge in [-0.25, -0.2) is 4.79 Å². The lowest BCUT2D eigenvalue weighted by molar-refractivity contribution is -0.132. The zero-order valence-electron chi connectivity index (χ0n) is 11.0. The van der Waals surface area contributed by atoms with Gasteiger partial charge in [-0.3, -0.25) is 0 Å². The smallest absolute Gasteiger partial charge is 0.332 e. The van der Waals surface area contributed by atoms with Gasteiger partial charge in [0.2, 0.25) is 0 Å². The SMILES string of the molecule is C=C(CN(CC)c1cccc2ccccc12)C(=O)O. The average Bonchev–Trinajstić information content (AvgIpc) is 2.44. The van der Waals surface area contributed by atoms with E-state index in [1.165, 1.54) is 0 Å². The molecular weight excluding hydrogens is 238 g/mol. The highest BCUT2D eigenvalue weighted by molar-refractivity contribution is 5.95. The van der Waals surface area contributed by atoms with E-state index < -0.39 is 5.97 Å². The molecule has 0 heterocycles. The first kappa shape index (κ1) is 13.1. The van der Waals surface area contributed by atoms with Gasteiger partial charge in [0, 0.05) is 29.7 Å². The van der Waals surface area contributed by atoms with E-state index in [4.69, 9.17) is 5.11 Å². The fourth-order valence-electron chi connectivity index (χ4n) is 2.15. The number of rotatable bonds is 5. The molecule has 0 saturated heterocycles. The lowest BCUT2D eigenvalue weighted by atomic mass is 10.1. The Hall–Kier alpha value is -2.29. The highest BCUT2D eigenvalue weighted by Crippen LogP contribution is 2.26. The van der Waals surface area contributed by atoms with Gasteiger partial charge in [-0.2, -0.15) is 0 Å². The summed E-state index contributed by atoms with van der Waals surface area (Å²) in [6.07, 6.45) is 0. The van der Waals surface area contributed by atoms with Gasteiger partial charge >= 0.3 is 5.97 Å². The number of carboxylic acid groups (broad SMARTS) is 1. The summed E-state index contributed by atoms with van der Waals surface area (Å²) in [5.74, 6) is -0.946. The van der Waals surface area contributed by atoms with E-state index >= 15 is 0 Å². The summed E-state index contributed by atoms with van der Waals surface area (Å²) in [4.78, 5) is 12.9. The van der Waals surface area contributed by atoms with Gasteiger partial charge in [0.15, 0.2) is 0 Å². The van der Waals surface area contributed by atoms with E-state index in [-0.39, 0.29) is 5.57 Å². The van der Waals surface area contributed by atoms with Crippen molar-refractivity contribution in [2.24, 2.45) is 0 Å². The minimum atomic E-state index is -0.946. The number of aliphatic carboxylic acids is 1. The van der Waals surface area contributed by atoms with Crippen molar-refractivity contribution in [3.05, 3.63) is 54.6 Å². The van der Waals surface area contributed by atoms with Crippen LogP contribution in [0.4, 0.5) is 5.69 Å². The van der Waals surface area contributed by atoms with Crippen molar-refractivity contribution in [1.82, 2.24) is 0 Å². The summed E-state index contributed by atoms with van der Waals surface area (Å²) in [5, 5.41) is 11.2. The maximum atomic E-state index is 10.9. The van der Waals surface area contributed by atoms with Gasteiger partial charge in [0.25, 0.3) is 0 Å². The van der Waals surface area contributed by atoms with E-state index in [1.807, 2.05) is 36.1 Å². The summed E-state index contributed by atoms with van der Waals surface area (Å²) < 4.78 is 0. The number of nitrogens with zero attached hydrogens (tertiary/aromatic N) is 1. The maximum Gasteiger partial charge on any atom is 0.332 e. The summed E-state index contributed by atoms with van der Waals surface area (Å²) in [6.45, 7) is 6.69. The van der Waals surface area contributed by atoms with Crippen LogP contribution in [0.1, 0.15) is 6.92 Å². The van der Waals surface area contributed by atoms with E-state index in [2.05, 4.69) is 24.8 Å². The molecule has 1 N–H and O–H groups in total. The molecule has 98 valence electrons. The fraction of sp³-hybridized carbons (Fsp3) is 0.188. The van der Waals surface area contributed by atoms with Crippen LogP contribution in [0, 0.1) is 0 Å². The van der Waals surface area contributed by atoms with Crippen molar-refractivity contribution in [1.29, 1.82) is 0 Å². The van der Waals surface area contributed by atoms with Crippen LogP contribution in [-0.2, 0) is 4.79 Å². The Morgan fingerprint density at radius 3 is 2.58 bits per heavy atom. The molecule has 3 heteroatoms. The number of anilines is 1. The molecule has 0 atom stereocenters. The molecule has 19 heavy (non-hydrogen) atoms. The molecule has 0 fully saturated rings. The lowest BCUT2D eigenvalue weighted by Crippen LogP contribution is -2.27. The van der Waals surface area contributed by atoms with E-state index in [0.717, 1.165) is 23.0 Å². The van der Waals surface area contributed by atoms with Gasteiger partial charge < -0.3 is 10.0 Å². The van der Waals surface area contributed by atoms with Crippen molar-refractivity contribution in [3.8, 4) is 0 Å². The van der Waals surface area contributed by atoms with Crippen LogP contribution in [0.15, 0.2) is 54.6 Å². The van der Waals surface area contributed by atoms with Gasteiger partial charge in [0.1, 0.15) is 0 Å². The molecule has 0 amide bonds. The Labute approximate surface area is 112 Å². The maximum absolute atomic E-state index is 10.9. The van der Waals surface area contributed by atoms with Gasteiger partial charge in [0.05, 0.1) is 0 Å². The fourth-order valence-corrected chi connectivity index (χ4v) is 2.15. The Morgan fingerprint density at radius 2 is 1.89 bits per heavy atom. The largest absolute Gasteiger partial charge is 0.478 e. The number of carbonyl (C=O) groups is 1. The molecule has 0 aromatic heterocycles. The molecule has 3 nitrogen and oxygen atoms in total. The summed E-state index contributed by atoms with van der Waals surface area (Å²) >= 11 is 0. The molecule has 2 aromatic carbocycles. The molecule has 0 aliphatic rings. The third-order valence-electron chi connectivity index (χ3n) is 3.17. The molecule has 0 unspecified atom stereocenters. The second-order valence-electron chi connectivity index (χ2n) is 4.42. The van der Waals surface area contributed by atoms with E-state index in [0.29, 0.717) is 6.54 Å². The molecule has 0 radical (unpaired) electrons. The third-order valence-corrected chi connectivity index (χ3v) is 3.17. The van der Waals surface area contributed by atoms with Crippen molar-refractivity contribution < 1.29 is 9.90 Å². The number of likely N-dealkylation sites (N-methyl/N-ethyl adjacent to an activating group) is 1. The first-order chi connectivity index (χ1) is 9.13. The van der Waals surface area contributed by atoms with Crippen LogP contribution in [0.5, 0.6) is 0 Å². The molecule has 0 saturated carbocycles. The van der Waals surface area contributed by atoms with E-state index in [1.54, 1.807) is 0 Å². The van der Waals surface area contributed by atoms with Gasteiger partial charge in [-0.15, -0.1) is 0 Å². The normalized spacial score (nSPS) is 10.4. The van der Waals surface area contributed by atoms with Crippen LogP contribution in [0.25, 0.3) is 10.8 Å². The Balaban J connectivity index is 2.41. The molecular formula is C16H17NO2. The number of carboxylic acids is 1. The standard InChI is InChI=1S/C16H17NO2/c1-3-17(11-12(2)16(18)19)15-10-6-8-13-7-4-5-9-14(13)15/h4-10H,2-3,11H2,1H3,(H,18,19). The molecule has 0 aliphatic heterocycles. The van der Waals surface area contributed by atoms with Gasteiger partial charge in [-0.05, 0) is 18.4 Å². The van der Waals surface area contributed by atoms with Crippen LogP contribution < -0.4 is 4.90 Å². The van der Waals surface area contributed by atoms with E-state index in [9.17, 15) is 4.79 Å². The van der Waals surface area contributed by atoms with Crippen molar-refractivity contribution in [3.63, 3.8) is 0 Å². The summed E-state index contributed by atoms with van der Waals surface area (Å²) in [5.41, 5.74) is 1.25. The van der Waals surface area contributed by atoms with Crippen LogP contribution in [-0.4, -0.2) is 24.2 Å². The number of fused-ring (bicyclic) bond motifs is 1. The second-order valence-corrected chi connectivity index (χ2v) is 4.42. The molecule has 0 aliphatic carbocycles. The molecule has 2 aromatic rings. The predicted molar refractivity (Wildman–Crippen MR) is 78.6 cm³/mol. The zero-order valence-corrected chi connectivity index (χ0v) is 11.0. The Bertz CT molecular complexity index is 614. The van der Waals surface area contributed by atoms with Crippen LogP contribution >= 0.6 is 0 Å². The van der Waals surface area contributed by atoms with Gasteiger partial charge in [-0.1, -0.05) is 43.0 Å². The second kappa shape index (κ2) is 5.57. The lowest BCUT2D eigenvalue weighted by Gasteiger charge is -2.24. The van der Waals surface area contributed by atoms with Crippen molar-refractivity contribution >= 4 is 22.4 Å². The van der Waals surface area contributed by atoms with Crippen molar-refractivity contribution in [2.75, 3.05) is 18.0 Å². The summed E-state index contributed by atoms with van der Waals surface area (Å²) in [7, 11) is 0. The highest BCUT2D eigenvalue weighted by Gasteiger charge is 2.12. The first-order valence-corrected chi connectivity index (χ1v) is 6.27. The number of hydrogen-bond acceptors (Lipinski definition) is 2. The summed E-state index contributed by atoms with van der Waals surface area (Å²) in [6, 6.07) is 14.2. The van der Waals surface area contributed by atoms with Crippen molar-refractivity contribution in [2.45, 2.75) is 6.92 Å². The minimum Gasteiger partial charge on any atom is -0.478 e. The van der Waals surface area contributed by atoms with Crippen LogP contribution in [0.2, 0.25) is 0 Å². The van der Waals surface area contributed by atoms with Crippen LogP contribution in [0.3, 0.4) is 0 Å².